The second kappa shape index (κ2) is 6.60. The molecule has 0 unspecified atom stereocenters. The molecule has 0 amide bonds. The fraction of sp³-hybridized carbons (Fsp3) is 0.200. The van der Waals surface area contributed by atoms with E-state index in [0.717, 1.165) is 5.56 Å². The molecule has 0 bridgehead atoms. The Morgan fingerprint density at radius 1 is 1.14 bits per heavy atom. The molecule has 1 atom stereocenters. The second-order valence-electron chi connectivity index (χ2n) is 4.66. The van der Waals surface area contributed by atoms with E-state index >= 15 is 0 Å². The minimum absolute atomic E-state index is 0.00165. The number of ketones is 1. The van der Waals surface area contributed by atoms with Crippen LogP contribution in [0.25, 0.3) is 0 Å². The molecule has 0 aliphatic rings. The molecule has 2 rings (SSSR count). The third-order valence-corrected chi connectivity index (χ3v) is 3.18. The monoisotopic (exact) mass is 286 g/mol. The van der Waals surface area contributed by atoms with Gasteiger partial charge in [-0.05, 0) is 11.6 Å². The first kappa shape index (κ1) is 14.6. The van der Waals surface area contributed by atoms with Crippen LogP contribution < -0.4 is 4.73 Å². The first-order valence-corrected chi connectivity index (χ1v) is 6.46. The van der Waals surface area contributed by atoms with Gasteiger partial charge >= 0.3 is 0 Å². The summed E-state index contributed by atoms with van der Waals surface area (Å²) >= 11 is 0. The van der Waals surface area contributed by atoms with E-state index in [1.165, 1.54) is 18.3 Å². The minimum atomic E-state index is -0.547. The van der Waals surface area contributed by atoms with E-state index in [0.29, 0.717) is 4.73 Å². The molecule has 0 spiro atoms. The van der Waals surface area contributed by atoms with Gasteiger partial charge in [-0.15, -0.1) is 0 Å². The van der Waals surface area contributed by atoms with Crippen LogP contribution in [-0.2, 0) is 0 Å². The fourth-order valence-corrected chi connectivity index (χ4v) is 2.17. The van der Waals surface area contributed by atoms with Gasteiger partial charge in [0.25, 0.3) is 5.69 Å². The maximum absolute atomic E-state index is 12.2. The summed E-state index contributed by atoms with van der Waals surface area (Å²) in [6, 6.07) is 13.4. The Balaban J connectivity index is 2.21. The predicted molar refractivity (Wildman–Crippen MR) is 75.4 cm³/mol. The highest BCUT2D eigenvalue weighted by Crippen LogP contribution is 2.21. The number of nitrogens with zero attached hydrogens (tertiary/aromatic N) is 2. The molecule has 0 aliphatic carbocycles. The first-order valence-electron chi connectivity index (χ1n) is 6.46. The smallest absolute Gasteiger partial charge is 0.259 e. The molecule has 6 nitrogen and oxygen atoms in total. The molecule has 1 heterocycles. The van der Waals surface area contributed by atoms with Gasteiger partial charge in [-0.3, -0.25) is 14.9 Å². The average molecular weight is 286 g/mol. The van der Waals surface area contributed by atoms with E-state index in [-0.39, 0.29) is 18.7 Å². The molecule has 0 saturated carbocycles. The quantitative estimate of drug-likeness (QED) is 0.267. The summed E-state index contributed by atoms with van der Waals surface area (Å²) in [4.78, 5) is 22.5. The van der Waals surface area contributed by atoms with Crippen molar-refractivity contribution in [3.63, 3.8) is 0 Å². The largest absolute Gasteiger partial charge is 0.618 e. The van der Waals surface area contributed by atoms with Crippen LogP contribution >= 0.6 is 0 Å². The van der Waals surface area contributed by atoms with Crippen molar-refractivity contribution in [1.82, 2.24) is 0 Å². The van der Waals surface area contributed by atoms with Crippen LogP contribution in [0.2, 0.25) is 0 Å². The zero-order valence-corrected chi connectivity index (χ0v) is 11.2. The molecule has 21 heavy (non-hydrogen) atoms. The second-order valence-corrected chi connectivity index (χ2v) is 4.66. The van der Waals surface area contributed by atoms with Crippen molar-refractivity contribution < 1.29 is 14.4 Å². The fourth-order valence-electron chi connectivity index (χ4n) is 2.17. The topological polar surface area (TPSA) is 87.1 Å². The molecule has 108 valence electrons. The Hall–Kier alpha value is -2.76. The van der Waals surface area contributed by atoms with Gasteiger partial charge in [-0.25, -0.2) is 0 Å². The van der Waals surface area contributed by atoms with Gasteiger partial charge < -0.3 is 5.21 Å². The average Bonchev–Trinajstić information content (AvgIpc) is 2.47. The number of carbonyl (C=O) groups excluding carboxylic acids is 1. The highest BCUT2D eigenvalue weighted by Gasteiger charge is 2.25. The van der Waals surface area contributed by atoms with E-state index in [1.54, 1.807) is 36.4 Å². The number of hydrogen-bond acceptors (Lipinski definition) is 4. The third kappa shape index (κ3) is 3.85. The van der Waals surface area contributed by atoms with E-state index in [1.807, 2.05) is 0 Å². The van der Waals surface area contributed by atoms with Crippen LogP contribution in [0.1, 0.15) is 28.4 Å². The van der Waals surface area contributed by atoms with Crippen LogP contribution in [0.4, 0.5) is 0 Å². The molecule has 1 aromatic heterocycles. The van der Waals surface area contributed by atoms with Crippen molar-refractivity contribution in [2.24, 2.45) is 0 Å². The number of benzene rings is 1. The highest BCUT2D eigenvalue weighted by molar-refractivity contribution is 5.93. The van der Waals surface area contributed by atoms with Gasteiger partial charge in [-0.2, -0.15) is 4.73 Å². The molecule has 2 aromatic rings. The molecule has 1 aromatic carbocycles. The standard InChI is InChI=1S/C15H14N2O4/c18-15(14-8-4-5-9-16(14)19)10-13(11-17(20)21)12-6-2-1-3-7-12/h1-9,13H,10-11H2/t13-/m0/s1. The Bertz CT molecular complexity index is 643. The molecular formula is C15H14N2O4. The zero-order chi connectivity index (χ0) is 15.2. The SMILES string of the molecule is O=C(C[C@@H](C[N+](=O)[O-])c1ccccc1)c1cccc[n+]1[O-]. The molecular weight excluding hydrogens is 272 g/mol. The van der Waals surface area contributed by atoms with Gasteiger partial charge in [0, 0.05) is 23.5 Å². The molecule has 0 saturated heterocycles. The van der Waals surface area contributed by atoms with Gasteiger partial charge in [-0.1, -0.05) is 30.3 Å². The molecule has 0 aliphatic heterocycles. The van der Waals surface area contributed by atoms with E-state index in [4.69, 9.17) is 0 Å². The van der Waals surface area contributed by atoms with Crippen molar-refractivity contribution in [2.45, 2.75) is 12.3 Å². The zero-order valence-electron chi connectivity index (χ0n) is 11.2. The van der Waals surface area contributed by atoms with Crippen LogP contribution in [0, 0.1) is 15.3 Å². The van der Waals surface area contributed by atoms with E-state index in [2.05, 4.69) is 0 Å². The van der Waals surface area contributed by atoms with Crippen molar-refractivity contribution in [3.8, 4) is 0 Å². The summed E-state index contributed by atoms with van der Waals surface area (Å²) in [5.74, 6) is -0.949. The van der Waals surface area contributed by atoms with Crippen molar-refractivity contribution in [2.75, 3.05) is 6.54 Å². The molecule has 0 fully saturated rings. The van der Waals surface area contributed by atoms with Crippen molar-refractivity contribution in [3.05, 3.63) is 81.3 Å². The van der Waals surface area contributed by atoms with Crippen LogP contribution in [0.5, 0.6) is 0 Å². The van der Waals surface area contributed by atoms with Gasteiger partial charge in [0.15, 0.2) is 6.20 Å². The number of nitro groups is 1. The summed E-state index contributed by atoms with van der Waals surface area (Å²) in [5.41, 5.74) is 0.720. The maximum Gasteiger partial charge on any atom is 0.259 e. The Morgan fingerprint density at radius 2 is 1.81 bits per heavy atom. The lowest BCUT2D eigenvalue weighted by Crippen LogP contribution is -2.34. The van der Waals surface area contributed by atoms with E-state index in [9.17, 15) is 20.1 Å². The maximum atomic E-state index is 12.2. The number of hydrogen-bond donors (Lipinski definition) is 0. The van der Waals surface area contributed by atoms with Crippen LogP contribution in [0.3, 0.4) is 0 Å². The number of pyridine rings is 1. The number of Topliss-reactive ketones (excluding diaryl/α,β-unsaturated/α-hetero) is 1. The van der Waals surface area contributed by atoms with Gasteiger partial charge in [0.2, 0.25) is 12.3 Å². The number of rotatable bonds is 6. The summed E-state index contributed by atoms with van der Waals surface area (Å²) in [7, 11) is 0. The number of carbonyl (C=O) groups is 1. The summed E-state index contributed by atoms with van der Waals surface area (Å²) in [6.45, 7) is -0.346. The molecule has 0 N–H and O–H groups in total. The number of aromatic nitrogens is 1. The van der Waals surface area contributed by atoms with Gasteiger partial charge in [0.1, 0.15) is 0 Å². The third-order valence-electron chi connectivity index (χ3n) is 3.18. The normalized spacial score (nSPS) is 11.8. The first-order chi connectivity index (χ1) is 10.1. The van der Waals surface area contributed by atoms with Gasteiger partial charge in [0.05, 0.1) is 5.92 Å². The van der Waals surface area contributed by atoms with Crippen molar-refractivity contribution >= 4 is 5.78 Å². The highest BCUT2D eigenvalue weighted by atomic mass is 16.6. The van der Waals surface area contributed by atoms with Crippen molar-refractivity contribution in [1.29, 1.82) is 0 Å². The Kier molecular flexibility index (Phi) is 4.61. The Morgan fingerprint density at radius 3 is 2.43 bits per heavy atom. The van der Waals surface area contributed by atoms with E-state index < -0.39 is 16.6 Å². The minimum Gasteiger partial charge on any atom is -0.618 e. The summed E-state index contributed by atoms with van der Waals surface area (Å²) in [6.07, 6.45) is 1.16. The molecule has 6 heteroatoms. The lowest BCUT2D eigenvalue weighted by molar-refractivity contribution is -0.607. The summed E-state index contributed by atoms with van der Waals surface area (Å²) in [5, 5.41) is 22.4. The lowest BCUT2D eigenvalue weighted by atomic mass is 9.93. The lowest BCUT2D eigenvalue weighted by Gasteiger charge is -2.12. The molecule has 0 radical (unpaired) electrons. The predicted octanol–water partition coefficient (Wildman–Crippen LogP) is 1.95. The van der Waals surface area contributed by atoms with Crippen LogP contribution in [0.15, 0.2) is 54.7 Å². The van der Waals surface area contributed by atoms with Crippen LogP contribution in [-0.4, -0.2) is 17.3 Å². The Labute approximate surface area is 121 Å². The summed E-state index contributed by atoms with van der Waals surface area (Å²) < 4.78 is 0.483.